The third-order valence-corrected chi connectivity index (χ3v) is 9.57. The summed E-state index contributed by atoms with van der Waals surface area (Å²) in [4.78, 5) is 55.9. The molecule has 5 amide bonds. The number of benzene rings is 3. The zero-order valence-corrected chi connectivity index (χ0v) is 28.3. The Kier molecular flexibility index (Phi) is 10.4. The van der Waals surface area contributed by atoms with Crippen molar-refractivity contribution in [2.75, 3.05) is 48.8 Å². The Morgan fingerprint density at radius 3 is 2.41 bits per heavy atom. The minimum Gasteiger partial charge on any atom is -0.465 e. The number of carbonyl (C=O) groups excluding carboxylic acids is 4. The van der Waals surface area contributed by atoms with Crippen LogP contribution in [0.15, 0.2) is 63.5 Å². The van der Waals surface area contributed by atoms with Gasteiger partial charge >= 0.3 is 18.0 Å². The number of amides is 5. The molecule has 12 nitrogen and oxygen atoms in total. The molecule has 2 aliphatic heterocycles. The number of piperidine rings is 1. The molecule has 0 saturated carbocycles. The Hall–Kier alpha value is -4.30. The fraction of sp³-hybridized carbons (Fsp3) is 0.312. The smallest absolute Gasteiger partial charge is 0.337 e. The van der Waals surface area contributed by atoms with E-state index >= 15 is 0 Å². The average molecular weight is 757 g/mol. The molecule has 242 valence electrons. The molecule has 3 aromatic rings. The van der Waals surface area contributed by atoms with Crippen LogP contribution in [0.4, 0.5) is 32.3 Å². The van der Waals surface area contributed by atoms with Gasteiger partial charge in [-0.25, -0.2) is 14.4 Å². The second-order valence-electron chi connectivity index (χ2n) is 11.2. The molecule has 1 saturated heterocycles. The van der Waals surface area contributed by atoms with Crippen molar-refractivity contribution >= 4 is 78.5 Å². The maximum absolute atomic E-state index is 13.7. The Bertz CT molecular complexity index is 1640. The number of hydrogen-bond donors (Lipinski definition) is 5. The number of fused-ring (bicyclic) bond motifs is 1. The average Bonchev–Trinajstić information content (AvgIpc) is 3.21. The molecule has 3 aromatic carbocycles. The molecule has 14 heteroatoms. The second-order valence-corrected chi connectivity index (χ2v) is 12.9. The van der Waals surface area contributed by atoms with Crippen molar-refractivity contribution in [2.24, 2.45) is 0 Å². The van der Waals surface area contributed by atoms with Crippen LogP contribution in [-0.4, -0.2) is 72.6 Å². The van der Waals surface area contributed by atoms with E-state index in [1.165, 1.54) is 25.3 Å². The highest BCUT2D eigenvalue weighted by Crippen LogP contribution is 2.31. The number of carbonyl (C=O) groups is 4. The van der Waals surface area contributed by atoms with Crippen molar-refractivity contribution in [2.45, 2.75) is 37.8 Å². The molecular weight excluding hydrogens is 722 g/mol. The van der Waals surface area contributed by atoms with Gasteiger partial charge in [0.2, 0.25) is 5.91 Å². The van der Waals surface area contributed by atoms with Gasteiger partial charge in [0.15, 0.2) is 0 Å². The first kappa shape index (κ1) is 33.1. The number of urea groups is 2. The minimum absolute atomic E-state index is 0.0213. The van der Waals surface area contributed by atoms with E-state index < -0.39 is 23.9 Å². The van der Waals surface area contributed by atoms with E-state index in [9.17, 15) is 19.2 Å². The number of nitrogens with two attached hydrogens (primary N) is 2. The van der Waals surface area contributed by atoms with Crippen LogP contribution in [0.2, 0.25) is 0 Å². The third-order valence-electron chi connectivity index (χ3n) is 8.26. The number of methoxy groups -OCH3 is 1. The van der Waals surface area contributed by atoms with Crippen molar-refractivity contribution in [1.82, 2.24) is 15.1 Å². The monoisotopic (exact) mass is 755 g/mol. The van der Waals surface area contributed by atoms with Crippen LogP contribution < -0.4 is 27.4 Å². The molecule has 46 heavy (non-hydrogen) atoms. The van der Waals surface area contributed by atoms with Gasteiger partial charge < -0.3 is 42.0 Å². The number of nitrogen functional groups attached to an aromatic ring is 2. The number of rotatable bonds is 7. The lowest BCUT2D eigenvalue weighted by molar-refractivity contribution is -0.118. The van der Waals surface area contributed by atoms with E-state index in [0.29, 0.717) is 47.1 Å². The maximum Gasteiger partial charge on any atom is 0.337 e. The number of halogens is 2. The molecule has 0 radical (unpaired) electrons. The van der Waals surface area contributed by atoms with Gasteiger partial charge in [0, 0.05) is 46.7 Å². The summed E-state index contributed by atoms with van der Waals surface area (Å²) in [5.41, 5.74) is 16.0. The predicted octanol–water partition coefficient (Wildman–Crippen LogP) is 4.98. The Morgan fingerprint density at radius 1 is 1.02 bits per heavy atom. The normalized spacial score (nSPS) is 15.7. The number of nitrogens with one attached hydrogen (secondary N) is 3. The van der Waals surface area contributed by atoms with Crippen molar-refractivity contribution in [3.05, 3.63) is 80.2 Å². The van der Waals surface area contributed by atoms with Crippen LogP contribution in [0, 0.1) is 0 Å². The first-order valence-electron chi connectivity index (χ1n) is 14.8. The van der Waals surface area contributed by atoms with Gasteiger partial charge in [-0.2, -0.15) is 0 Å². The van der Waals surface area contributed by atoms with Crippen LogP contribution in [-0.2, 0) is 22.4 Å². The highest BCUT2D eigenvalue weighted by molar-refractivity contribution is 9.11. The molecule has 1 atom stereocenters. The Labute approximate surface area is 283 Å². The Morgan fingerprint density at radius 2 is 1.72 bits per heavy atom. The van der Waals surface area contributed by atoms with E-state index in [2.05, 4.69) is 47.8 Å². The quantitative estimate of drug-likeness (QED) is 0.167. The van der Waals surface area contributed by atoms with Crippen molar-refractivity contribution in [3.63, 3.8) is 0 Å². The van der Waals surface area contributed by atoms with E-state index in [4.69, 9.17) is 16.2 Å². The first-order valence-corrected chi connectivity index (χ1v) is 16.4. The number of esters is 1. The van der Waals surface area contributed by atoms with Crippen LogP contribution in [0.5, 0.6) is 0 Å². The standard InChI is InChI=1S/C32H35Br2N7O5/c1-46-30(43)20-6-7-24(35)26(17-20)37-29(42)27(16-18-14-22(33)28(36)23(34)15-18)39-31(44)40-11-9-21(10-12-40)41-13-8-19-4-2-3-5-25(19)38-32(41)45/h2-7,14-15,17,21,27H,8-13,16,35-36H2,1H3,(H,37,42)(H,38,45)(H,39,44)/t27-/m1/s1. The lowest BCUT2D eigenvalue weighted by atomic mass is 10.0. The zero-order valence-electron chi connectivity index (χ0n) is 25.1. The number of hydrogen-bond acceptors (Lipinski definition) is 7. The van der Waals surface area contributed by atoms with Crippen molar-refractivity contribution in [1.29, 1.82) is 0 Å². The van der Waals surface area contributed by atoms with Crippen molar-refractivity contribution < 1.29 is 23.9 Å². The van der Waals surface area contributed by atoms with Gasteiger partial charge in [0.05, 0.1) is 29.7 Å². The summed E-state index contributed by atoms with van der Waals surface area (Å²) in [7, 11) is 1.26. The summed E-state index contributed by atoms with van der Waals surface area (Å²) in [5.74, 6) is -1.11. The summed E-state index contributed by atoms with van der Waals surface area (Å²) < 4.78 is 6.07. The fourth-order valence-electron chi connectivity index (χ4n) is 5.69. The molecule has 2 aliphatic rings. The number of nitrogens with zero attached hydrogens (tertiary/aromatic N) is 2. The molecule has 7 N–H and O–H groups in total. The zero-order chi connectivity index (χ0) is 33.0. The highest BCUT2D eigenvalue weighted by Gasteiger charge is 2.33. The number of ether oxygens (including phenoxy) is 1. The number of anilines is 4. The van der Waals surface area contributed by atoms with Crippen LogP contribution in [0.25, 0.3) is 0 Å². The molecule has 0 aromatic heterocycles. The van der Waals surface area contributed by atoms with Crippen LogP contribution in [0.3, 0.4) is 0 Å². The largest absolute Gasteiger partial charge is 0.465 e. The van der Waals surface area contributed by atoms with Crippen molar-refractivity contribution in [3.8, 4) is 0 Å². The van der Waals surface area contributed by atoms with E-state index in [0.717, 1.165) is 23.2 Å². The SMILES string of the molecule is COC(=O)c1ccc(N)c(NC(=O)[C@@H](Cc2cc(Br)c(N)c(Br)c2)NC(=O)N2CCC(N3CCc4ccccc4NC3=O)CC2)c1. The van der Waals surface area contributed by atoms with Gasteiger partial charge in [-0.3, -0.25) is 4.79 Å². The number of likely N-dealkylation sites (tertiary alicyclic amines) is 1. The van der Waals surface area contributed by atoms with Gasteiger partial charge in [-0.15, -0.1) is 0 Å². The summed E-state index contributed by atoms with van der Waals surface area (Å²) >= 11 is 6.88. The number of para-hydroxylation sites is 1. The molecule has 2 heterocycles. The minimum atomic E-state index is -1.01. The van der Waals surface area contributed by atoms with Crippen LogP contribution >= 0.6 is 31.9 Å². The summed E-state index contributed by atoms with van der Waals surface area (Å²) in [6.45, 7) is 1.41. The van der Waals surface area contributed by atoms with E-state index in [1.54, 1.807) is 17.0 Å². The summed E-state index contributed by atoms with van der Waals surface area (Å²) in [6.07, 6.45) is 2.08. The summed E-state index contributed by atoms with van der Waals surface area (Å²) in [6, 6.07) is 14.2. The maximum atomic E-state index is 13.7. The van der Waals surface area contributed by atoms with Gasteiger partial charge in [0.1, 0.15) is 6.04 Å². The molecule has 0 aliphatic carbocycles. The first-order chi connectivity index (χ1) is 22.0. The Balaban J connectivity index is 1.28. The van der Waals surface area contributed by atoms with E-state index in [1.807, 2.05) is 29.2 Å². The topological polar surface area (TPSA) is 172 Å². The third kappa shape index (κ3) is 7.56. The molecular formula is C32H35Br2N7O5. The van der Waals surface area contributed by atoms with E-state index in [-0.39, 0.29) is 35.4 Å². The molecule has 0 bridgehead atoms. The molecule has 5 rings (SSSR count). The molecule has 0 spiro atoms. The van der Waals surface area contributed by atoms with Gasteiger partial charge in [-0.05, 0) is 98.6 Å². The van der Waals surface area contributed by atoms with Gasteiger partial charge in [0.25, 0.3) is 0 Å². The predicted molar refractivity (Wildman–Crippen MR) is 184 cm³/mol. The second kappa shape index (κ2) is 14.4. The lowest BCUT2D eigenvalue weighted by Gasteiger charge is -2.38. The fourth-order valence-corrected chi connectivity index (χ4v) is 6.97. The molecule has 0 unspecified atom stereocenters. The molecule has 1 fully saturated rings. The summed E-state index contributed by atoms with van der Waals surface area (Å²) in [5, 5.41) is 8.67. The van der Waals surface area contributed by atoms with Gasteiger partial charge in [-0.1, -0.05) is 18.2 Å². The lowest BCUT2D eigenvalue weighted by Crippen LogP contribution is -2.55. The highest BCUT2D eigenvalue weighted by atomic mass is 79.9. The van der Waals surface area contributed by atoms with Crippen LogP contribution in [0.1, 0.15) is 34.3 Å².